The number of nitrogens with zero attached hydrogens (tertiary/aromatic N) is 2. The van der Waals surface area contributed by atoms with Gasteiger partial charge in [0.15, 0.2) is 14.6 Å². The van der Waals surface area contributed by atoms with E-state index in [9.17, 15) is 17.6 Å². The number of aryl methyl sites for hydroxylation is 2. The number of fused-ring (bicyclic) bond motifs is 1. The Balaban J connectivity index is 1.81. The lowest BCUT2D eigenvalue weighted by Gasteiger charge is -2.02. The average Bonchev–Trinajstić information content (AvgIpc) is 2.91. The van der Waals surface area contributed by atoms with Gasteiger partial charge in [0, 0.05) is 13.5 Å². The number of thiazole rings is 1. The van der Waals surface area contributed by atoms with Gasteiger partial charge in [0.1, 0.15) is 5.82 Å². The Labute approximate surface area is 154 Å². The van der Waals surface area contributed by atoms with Gasteiger partial charge in [0.2, 0.25) is 5.91 Å². The molecule has 0 atom stereocenters. The van der Waals surface area contributed by atoms with E-state index in [1.807, 2.05) is 36.7 Å². The standard InChI is InChI=1S/C18H17FN2O3S2/c1-12-4-3-5-15-17(12)21(2)18(25-15)20-16(22)10-11-26(23,24)14-8-6-13(19)7-9-14/h3-9H,10-11H2,1-2H3. The minimum atomic E-state index is -3.66. The Morgan fingerprint density at radius 1 is 1.19 bits per heavy atom. The number of amides is 1. The molecule has 5 nitrogen and oxygen atoms in total. The molecule has 0 unspecified atom stereocenters. The molecule has 1 aromatic heterocycles. The quantitative estimate of drug-likeness (QED) is 0.641. The molecule has 0 radical (unpaired) electrons. The molecule has 1 amide bonds. The molecular weight excluding hydrogens is 375 g/mol. The van der Waals surface area contributed by atoms with Crippen LogP contribution >= 0.6 is 11.3 Å². The van der Waals surface area contributed by atoms with E-state index < -0.39 is 21.6 Å². The van der Waals surface area contributed by atoms with E-state index in [4.69, 9.17) is 0 Å². The predicted molar refractivity (Wildman–Crippen MR) is 99.2 cm³/mol. The summed E-state index contributed by atoms with van der Waals surface area (Å²) in [5.41, 5.74) is 2.08. The van der Waals surface area contributed by atoms with Gasteiger partial charge in [0.25, 0.3) is 0 Å². The van der Waals surface area contributed by atoms with Gasteiger partial charge in [0.05, 0.1) is 20.9 Å². The largest absolute Gasteiger partial charge is 0.319 e. The maximum atomic E-state index is 12.9. The van der Waals surface area contributed by atoms with Crippen LogP contribution in [0.1, 0.15) is 12.0 Å². The number of hydrogen-bond acceptors (Lipinski definition) is 4. The fraction of sp³-hybridized carbons (Fsp3) is 0.222. The molecule has 0 saturated heterocycles. The molecule has 2 aromatic carbocycles. The zero-order valence-corrected chi connectivity index (χ0v) is 15.9. The van der Waals surface area contributed by atoms with Gasteiger partial charge in [-0.15, -0.1) is 0 Å². The molecule has 8 heteroatoms. The van der Waals surface area contributed by atoms with Crippen LogP contribution in [-0.4, -0.2) is 24.6 Å². The van der Waals surface area contributed by atoms with Crippen molar-refractivity contribution in [3.05, 3.63) is 58.6 Å². The Kier molecular flexibility index (Phi) is 5.06. The van der Waals surface area contributed by atoms with Gasteiger partial charge >= 0.3 is 0 Å². The third-order valence-corrected chi connectivity index (χ3v) is 6.83. The first-order valence-corrected chi connectivity index (χ1v) is 10.4. The van der Waals surface area contributed by atoms with Crippen LogP contribution in [0.3, 0.4) is 0 Å². The summed E-state index contributed by atoms with van der Waals surface area (Å²) in [6.07, 6.45) is -0.229. The molecule has 0 aliphatic heterocycles. The van der Waals surface area contributed by atoms with Gasteiger partial charge < -0.3 is 4.57 Å². The number of carbonyl (C=O) groups is 1. The molecule has 0 spiro atoms. The van der Waals surface area contributed by atoms with Crippen molar-refractivity contribution < 1.29 is 17.6 Å². The summed E-state index contributed by atoms with van der Waals surface area (Å²) in [6.45, 7) is 1.98. The third-order valence-electron chi connectivity index (χ3n) is 4.00. The lowest BCUT2D eigenvalue weighted by atomic mass is 10.2. The molecular formula is C18H17FN2O3S2. The second-order valence-corrected chi connectivity index (χ2v) is 9.01. The van der Waals surface area contributed by atoms with Gasteiger partial charge in [-0.3, -0.25) is 4.79 Å². The summed E-state index contributed by atoms with van der Waals surface area (Å²) in [4.78, 5) is 16.7. The van der Waals surface area contributed by atoms with E-state index in [0.717, 1.165) is 27.9 Å². The fourth-order valence-electron chi connectivity index (χ4n) is 2.65. The van der Waals surface area contributed by atoms with E-state index in [-0.39, 0.29) is 17.1 Å². The number of rotatable bonds is 4. The van der Waals surface area contributed by atoms with Crippen molar-refractivity contribution in [1.29, 1.82) is 0 Å². The summed E-state index contributed by atoms with van der Waals surface area (Å²) in [7, 11) is -1.83. The third kappa shape index (κ3) is 3.76. The molecule has 0 saturated carbocycles. The van der Waals surface area contributed by atoms with E-state index in [1.165, 1.54) is 23.5 Å². The maximum Gasteiger partial charge on any atom is 0.249 e. The van der Waals surface area contributed by atoms with Crippen molar-refractivity contribution in [2.24, 2.45) is 12.0 Å². The van der Waals surface area contributed by atoms with Crippen LogP contribution in [0, 0.1) is 12.7 Å². The van der Waals surface area contributed by atoms with E-state index in [1.54, 1.807) is 0 Å². The van der Waals surface area contributed by atoms with Crippen molar-refractivity contribution in [1.82, 2.24) is 4.57 Å². The molecule has 0 bridgehead atoms. The van der Waals surface area contributed by atoms with E-state index in [2.05, 4.69) is 4.99 Å². The van der Waals surface area contributed by atoms with Crippen molar-refractivity contribution >= 4 is 37.3 Å². The zero-order chi connectivity index (χ0) is 18.9. The Hall–Kier alpha value is -2.32. The van der Waals surface area contributed by atoms with Crippen LogP contribution in [0.25, 0.3) is 10.2 Å². The average molecular weight is 392 g/mol. The summed E-state index contributed by atoms with van der Waals surface area (Å²) in [5, 5.41) is 0. The predicted octanol–water partition coefficient (Wildman–Crippen LogP) is 2.98. The van der Waals surface area contributed by atoms with Crippen LogP contribution in [0.15, 0.2) is 52.4 Å². The number of halogens is 1. The number of carbonyl (C=O) groups excluding carboxylic acids is 1. The monoisotopic (exact) mass is 392 g/mol. The Morgan fingerprint density at radius 2 is 1.88 bits per heavy atom. The molecule has 3 aromatic rings. The summed E-state index contributed by atoms with van der Waals surface area (Å²) < 4.78 is 40.2. The molecule has 1 heterocycles. The molecule has 136 valence electrons. The zero-order valence-electron chi connectivity index (χ0n) is 14.3. The van der Waals surface area contributed by atoms with Crippen molar-refractivity contribution in [3.8, 4) is 0 Å². The summed E-state index contributed by atoms with van der Waals surface area (Å²) >= 11 is 1.38. The van der Waals surface area contributed by atoms with Crippen molar-refractivity contribution in [2.45, 2.75) is 18.2 Å². The lowest BCUT2D eigenvalue weighted by Crippen LogP contribution is -2.16. The molecule has 0 N–H and O–H groups in total. The molecule has 0 aliphatic rings. The summed E-state index contributed by atoms with van der Waals surface area (Å²) in [6, 6.07) is 10.4. The number of aromatic nitrogens is 1. The first-order valence-electron chi connectivity index (χ1n) is 7.89. The second-order valence-electron chi connectivity index (χ2n) is 5.89. The van der Waals surface area contributed by atoms with Gasteiger partial charge in [-0.1, -0.05) is 23.5 Å². The topological polar surface area (TPSA) is 68.5 Å². The Bertz CT molecular complexity index is 1140. The summed E-state index contributed by atoms with van der Waals surface area (Å²) in [5.74, 6) is -1.38. The van der Waals surface area contributed by atoms with Crippen LogP contribution in [0.4, 0.5) is 4.39 Å². The van der Waals surface area contributed by atoms with Gasteiger partial charge in [-0.05, 0) is 42.8 Å². The minimum Gasteiger partial charge on any atom is -0.319 e. The van der Waals surface area contributed by atoms with Crippen LogP contribution in [-0.2, 0) is 21.7 Å². The molecule has 3 rings (SSSR count). The second kappa shape index (κ2) is 7.13. The highest BCUT2D eigenvalue weighted by Crippen LogP contribution is 2.20. The minimum absolute atomic E-state index is 0.00487. The first kappa shape index (κ1) is 18.5. The van der Waals surface area contributed by atoms with Crippen LogP contribution < -0.4 is 4.80 Å². The SMILES string of the molecule is Cc1cccc2sc(=NC(=O)CCS(=O)(=O)c3ccc(F)cc3)n(C)c12. The highest BCUT2D eigenvalue weighted by molar-refractivity contribution is 7.91. The Morgan fingerprint density at radius 3 is 2.54 bits per heavy atom. The highest BCUT2D eigenvalue weighted by Gasteiger charge is 2.16. The normalized spacial score (nSPS) is 12.7. The van der Waals surface area contributed by atoms with Gasteiger partial charge in [-0.2, -0.15) is 4.99 Å². The van der Waals surface area contributed by atoms with Crippen molar-refractivity contribution in [3.63, 3.8) is 0 Å². The number of para-hydroxylation sites is 1. The number of benzene rings is 2. The fourth-order valence-corrected chi connectivity index (χ4v) is 4.99. The van der Waals surface area contributed by atoms with Gasteiger partial charge in [-0.25, -0.2) is 12.8 Å². The van der Waals surface area contributed by atoms with Crippen molar-refractivity contribution in [2.75, 3.05) is 5.75 Å². The van der Waals surface area contributed by atoms with E-state index >= 15 is 0 Å². The van der Waals surface area contributed by atoms with Crippen LogP contribution in [0.5, 0.6) is 0 Å². The van der Waals surface area contributed by atoms with Crippen LogP contribution in [0.2, 0.25) is 0 Å². The van der Waals surface area contributed by atoms with E-state index in [0.29, 0.717) is 4.80 Å². The smallest absolute Gasteiger partial charge is 0.249 e. The molecule has 0 fully saturated rings. The number of hydrogen-bond donors (Lipinski definition) is 0. The molecule has 26 heavy (non-hydrogen) atoms. The number of sulfone groups is 1. The maximum absolute atomic E-state index is 12.9. The highest BCUT2D eigenvalue weighted by atomic mass is 32.2. The molecule has 0 aliphatic carbocycles. The first-order chi connectivity index (χ1) is 12.3. The lowest BCUT2D eigenvalue weighted by molar-refractivity contribution is -0.117.